The predicted octanol–water partition coefficient (Wildman–Crippen LogP) is 7.87. The Morgan fingerprint density at radius 2 is 1.61 bits per heavy atom. The highest BCUT2D eigenvalue weighted by Crippen LogP contribution is 2.37. The number of H-pyrrole nitrogens is 1. The van der Waals surface area contributed by atoms with Crippen molar-refractivity contribution in [2.75, 3.05) is 34.2 Å². The standard InChI is InChI=1S/C29H32Cl3N3O/c1-34(2)12-7-13-35(3)28(15-21-10-11-24(30)25(31)14-21)23-18-33-27-17-26(32)29(16-22(23)27)36-19-20-8-5-4-6-9-20/h4-6,8-11,14,16-18,28,33H,7,12-13,15,19H2,1-3H3. The molecule has 190 valence electrons. The molecule has 0 amide bonds. The van der Waals surface area contributed by atoms with Crippen LogP contribution in [0.25, 0.3) is 10.9 Å². The Bertz CT molecular complexity index is 1290. The minimum absolute atomic E-state index is 0.126. The normalized spacial score (nSPS) is 12.6. The van der Waals surface area contributed by atoms with Crippen LogP contribution in [0.3, 0.4) is 0 Å². The van der Waals surface area contributed by atoms with Crippen molar-refractivity contribution in [3.8, 4) is 5.75 Å². The molecule has 0 aliphatic rings. The SMILES string of the molecule is CN(C)CCCN(C)C(Cc1ccc(Cl)c(Cl)c1)c1c[nH]c2cc(Cl)c(OCc3ccccc3)cc12. The number of aromatic nitrogens is 1. The van der Waals surface area contributed by atoms with Crippen LogP contribution in [-0.4, -0.2) is 49.0 Å². The molecule has 0 saturated heterocycles. The Morgan fingerprint density at radius 1 is 0.833 bits per heavy atom. The molecule has 0 aliphatic carbocycles. The number of hydrogen-bond acceptors (Lipinski definition) is 3. The third-order valence-corrected chi connectivity index (χ3v) is 7.46. The van der Waals surface area contributed by atoms with Gasteiger partial charge in [-0.1, -0.05) is 71.2 Å². The summed E-state index contributed by atoms with van der Waals surface area (Å²) in [4.78, 5) is 8.05. The lowest BCUT2D eigenvalue weighted by Gasteiger charge is -2.29. The van der Waals surface area contributed by atoms with Crippen molar-refractivity contribution in [3.63, 3.8) is 0 Å². The van der Waals surface area contributed by atoms with Gasteiger partial charge in [0.2, 0.25) is 0 Å². The van der Waals surface area contributed by atoms with Crippen LogP contribution in [0.4, 0.5) is 0 Å². The third kappa shape index (κ3) is 6.76. The van der Waals surface area contributed by atoms with Crippen molar-refractivity contribution >= 4 is 45.7 Å². The number of likely N-dealkylation sites (N-methyl/N-ethyl adjacent to an activating group) is 1. The smallest absolute Gasteiger partial charge is 0.139 e. The van der Waals surface area contributed by atoms with E-state index in [4.69, 9.17) is 39.5 Å². The number of hydrogen-bond donors (Lipinski definition) is 1. The van der Waals surface area contributed by atoms with Gasteiger partial charge >= 0.3 is 0 Å². The predicted molar refractivity (Wildman–Crippen MR) is 153 cm³/mol. The van der Waals surface area contributed by atoms with Crippen LogP contribution in [0.2, 0.25) is 15.1 Å². The van der Waals surface area contributed by atoms with Crippen LogP contribution in [0, 0.1) is 0 Å². The zero-order valence-electron chi connectivity index (χ0n) is 20.9. The molecule has 4 aromatic rings. The molecule has 3 aromatic carbocycles. The molecule has 0 radical (unpaired) electrons. The second kappa shape index (κ2) is 12.4. The maximum absolute atomic E-state index is 6.59. The minimum atomic E-state index is 0.126. The molecule has 1 unspecified atom stereocenters. The van der Waals surface area contributed by atoms with Gasteiger partial charge in [0.25, 0.3) is 0 Å². The Labute approximate surface area is 228 Å². The molecule has 36 heavy (non-hydrogen) atoms. The molecule has 4 nitrogen and oxygen atoms in total. The van der Waals surface area contributed by atoms with E-state index in [9.17, 15) is 0 Å². The molecule has 1 aromatic heterocycles. The Hall–Kier alpha value is -2.21. The van der Waals surface area contributed by atoms with Gasteiger partial charge < -0.3 is 14.6 Å². The highest BCUT2D eigenvalue weighted by atomic mass is 35.5. The molecule has 1 atom stereocenters. The average Bonchev–Trinajstić information content (AvgIpc) is 3.25. The van der Waals surface area contributed by atoms with E-state index in [-0.39, 0.29) is 6.04 Å². The van der Waals surface area contributed by atoms with Gasteiger partial charge in [-0.2, -0.15) is 0 Å². The van der Waals surface area contributed by atoms with Crippen LogP contribution in [-0.2, 0) is 13.0 Å². The first-order valence-electron chi connectivity index (χ1n) is 12.1. The Morgan fingerprint density at radius 3 is 2.33 bits per heavy atom. The van der Waals surface area contributed by atoms with Crippen molar-refractivity contribution in [2.24, 2.45) is 0 Å². The lowest BCUT2D eigenvalue weighted by atomic mass is 9.96. The highest BCUT2D eigenvalue weighted by molar-refractivity contribution is 6.42. The summed E-state index contributed by atoms with van der Waals surface area (Å²) < 4.78 is 6.14. The van der Waals surface area contributed by atoms with Gasteiger partial charge in [0.1, 0.15) is 12.4 Å². The molecule has 0 aliphatic heterocycles. The van der Waals surface area contributed by atoms with E-state index in [0.29, 0.717) is 27.4 Å². The fraction of sp³-hybridized carbons (Fsp3) is 0.310. The van der Waals surface area contributed by atoms with Gasteiger partial charge in [0.05, 0.1) is 15.1 Å². The van der Waals surface area contributed by atoms with Crippen molar-refractivity contribution in [1.82, 2.24) is 14.8 Å². The number of halogens is 3. The van der Waals surface area contributed by atoms with E-state index in [2.05, 4.69) is 54.3 Å². The van der Waals surface area contributed by atoms with Gasteiger partial charge in [-0.15, -0.1) is 0 Å². The first-order valence-corrected chi connectivity index (χ1v) is 13.2. The molecular formula is C29H32Cl3N3O. The maximum atomic E-state index is 6.59. The Kier molecular flexibility index (Phi) is 9.21. The van der Waals surface area contributed by atoms with E-state index in [0.717, 1.165) is 48.0 Å². The number of rotatable bonds is 11. The molecule has 0 fully saturated rings. The van der Waals surface area contributed by atoms with Crippen LogP contribution in [0.5, 0.6) is 5.75 Å². The fourth-order valence-corrected chi connectivity index (χ4v) is 4.99. The van der Waals surface area contributed by atoms with E-state index in [1.165, 1.54) is 5.56 Å². The van der Waals surface area contributed by atoms with E-state index in [1.807, 2.05) is 48.5 Å². The summed E-state index contributed by atoms with van der Waals surface area (Å²) in [6, 6.07) is 20.1. The number of aromatic amines is 1. The molecule has 0 spiro atoms. The second-order valence-corrected chi connectivity index (χ2v) is 10.7. The second-order valence-electron chi connectivity index (χ2n) is 9.45. The number of ether oxygens (including phenoxy) is 1. The number of nitrogens with zero attached hydrogens (tertiary/aromatic N) is 2. The van der Waals surface area contributed by atoms with Gasteiger partial charge in [0.15, 0.2) is 0 Å². The lowest BCUT2D eigenvalue weighted by molar-refractivity contribution is 0.230. The monoisotopic (exact) mass is 543 g/mol. The van der Waals surface area contributed by atoms with Crippen LogP contribution >= 0.6 is 34.8 Å². The summed E-state index contributed by atoms with van der Waals surface area (Å²) in [5, 5.41) is 2.84. The first kappa shape index (κ1) is 26.8. The van der Waals surface area contributed by atoms with Crippen molar-refractivity contribution in [1.29, 1.82) is 0 Å². The van der Waals surface area contributed by atoms with Gasteiger partial charge in [-0.05, 0) is 88.0 Å². The molecule has 1 N–H and O–H groups in total. The molecular weight excluding hydrogens is 513 g/mol. The fourth-order valence-electron chi connectivity index (χ4n) is 4.45. The van der Waals surface area contributed by atoms with Gasteiger partial charge in [-0.3, -0.25) is 4.90 Å². The summed E-state index contributed by atoms with van der Waals surface area (Å²) >= 11 is 19.1. The highest BCUT2D eigenvalue weighted by Gasteiger charge is 2.22. The summed E-state index contributed by atoms with van der Waals surface area (Å²) in [5.74, 6) is 0.678. The summed E-state index contributed by atoms with van der Waals surface area (Å²) in [7, 11) is 6.39. The molecule has 0 saturated carbocycles. The molecule has 7 heteroatoms. The van der Waals surface area contributed by atoms with E-state index < -0.39 is 0 Å². The number of fused-ring (bicyclic) bond motifs is 1. The van der Waals surface area contributed by atoms with Crippen LogP contribution in [0.1, 0.15) is 29.2 Å². The zero-order chi connectivity index (χ0) is 25.7. The minimum Gasteiger partial charge on any atom is -0.487 e. The summed E-state index contributed by atoms with van der Waals surface area (Å²) in [6.07, 6.45) is 3.96. The Balaban J connectivity index is 1.65. The molecule has 4 rings (SSSR count). The summed E-state index contributed by atoms with van der Waals surface area (Å²) in [5.41, 5.74) is 4.42. The van der Waals surface area contributed by atoms with E-state index >= 15 is 0 Å². The lowest BCUT2D eigenvalue weighted by Crippen LogP contribution is -2.29. The quantitative estimate of drug-likeness (QED) is 0.208. The number of nitrogens with one attached hydrogen (secondary N) is 1. The van der Waals surface area contributed by atoms with Gasteiger partial charge in [0, 0.05) is 23.1 Å². The first-order chi connectivity index (χ1) is 17.3. The number of benzene rings is 3. The molecule has 1 heterocycles. The van der Waals surface area contributed by atoms with Crippen molar-refractivity contribution < 1.29 is 4.74 Å². The average molecular weight is 545 g/mol. The largest absolute Gasteiger partial charge is 0.487 e. The van der Waals surface area contributed by atoms with E-state index in [1.54, 1.807) is 0 Å². The van der Waals surface area contributed by atoms with Crippen LogP contribution < -0.4 is 4.74 Å². The van der Waals surface area contributed by atoms with Crippen molar-refractivity contribution in [3.05, 3.63) is 98.6 Å². The topological polar surface area (TPSA) is 31.5 Å². The van der Waals surface area contributed by atoms with Crippen molar-refractivity contribution in [2.45, 2.75) is 25.5 Å². The third-order valence-electron chi connectivity index (χ3n) is 6.42. The van der Waals surface area contributed by atoms with Crippen LogP contribution in [0.15, 0.2) is 66.9 Å². The maximum Gasteiger partial charge on any atom is 0.139 e. The van der Waals surface area contributed by atoms with Gasteiger partial charge in [-0.25, -0.2) is 0 Å². The zero-order valence-corrected chi connectivity index (χ0v) is 23.2. The summed E-state index contributed by atoms with van der Waals surface area (Å²) in [6.45, 7) is 2.45. The molecule has 0 bridgehead atoms.